The zero-order valence-electron chi connectivity index (χ0n) is 21.1. The van der Waals surface area contributed by atoms with Crippen LogP contribution in [0.25, 0.3) is 11.3 Å². The van der Waals surface area contributed by atoms with Gasteiger partial charge in [0.1, 0.15) is 21.3 Å². The summed E-state index contributed by atoms with van der Waals surface area (Å²) < 4.78 is 62.5. The molecule has 0 aliphatic heterocycles. The van der Waals surface area contributed by atoms with Gasteiger partial charge in [-0.05, 0) is 50.7 Å². The number of rotatable bonds is 10. The molecule has 2 aliphatic carbocycles. The largest absolute Gasteiger partial charge is 0.496 e. The second-order valence-corrected chi connectivity index (χ2v) is 12.5. The molecule has 2 aromatic rings. The normalized spacial score (nSPS) is 22.9. The zero-order valence-corrected chi connectivity index (χ0v) is 22.7. The number of benzene rings is 1. The Labute approximate surface area is 220 Å². The number of carbonyl (C=O) groups is 1. The average molecular weight is 560 g/mol. The van der Waals surface area contributed by atoms with E-state index in [0.29, 0.717) is 48.7 Å². The van der Waals surface area contributed by atoms with Crippen molar-refractivity contribution in [2.24, 2.45) is 11.8 Å². The van der Waals surface area contributed by atoms with Crippen LogP contribution in [0.5, 0.6) is 11.5 Å². The first-order valence-electron chi connectivity index (χ1n) is 12.4. The zero-order chi connectivity index (χ0) is 27.0. The van der Waals surface area contributed by atoms with E-state index >= 15 is 0 Å². The standard InChI is InChI=1S/C25H32ClF2N3O5S/c1-4-31-23(19-10-7-17(11-20(19)35-2)36-14-16-12-25(16,27)28)21(26)22(30-31)24(32)29-13-15-5-8-18(9-6-15)37(3,33)34/h7,10-11,15-16,18H,4-6,8-9,12-14H2,1-3H3,(H,29,32)/t15-,16?,18-. The Bertz CT molecular complexity index is 1260. The molecule has 1 N–H and O–H groups in total. The first-order valence-corrected chi connectivity index (χ1v) is 14.7. The predicted octanol–water partition coefficient (Wildman–Crippen LogP) is 4.60. The summed E-state index contributed by atoms with van der Waals surface area (Å²) in [6.07, 6.45) is 3.75. The number of aryl methyl sites for hydroxylation is 1. The van der Waals surface area contributed by atoms with Crippen molar-refractivity contribution in [3.8, 4) is 22.8 Å². The Kier molecular flexibility index (Phi) is 8.04. The van der Waals surface area contributed by atoms with E-state index in [-0.39, 0.29) is 34.9 Å². The Morgan fingerprint density at radius 3 is 2.51 bits per heavy atom. The van der Waals surface area contributed by atoms with Crippen molar-refractivity contribution in [2.75, 3.05) is 26.5 Å². The van der Waals surface area contributed by atoms with Crippen molar-refractivity contribution in [3.63, 3.8) is 0 Å². The minimum absolute atomic E-state index is 0.0800. The maximum Gasteiger partial charge on any atom is 0.273 e. The molecule has 12 heteroatoms. The number of amides is 1. The molecule has 2 saturated carbocycles. The summed E-state index contributed by atoms with van der Waals surface area (Å²) in [6.45, 7) is 2.64. The highest BCUT2D eigenvalue weighted by Crippen LogP contribution is 2.48. The molecule has 2 fully saturated rings. The van der Waals surface area contributed by atoms with Crippen molar-refractivity contribution in [1.82, 2.24) is 15.1 Å². The number of nitrogens with one attached hydrogen (secondary N) is 1. The summed E-state index contributed by atoms with van der Waals surface area (Å²) in [5.41, 5.74) is 1.17. The van der Waals surface area contributed by atoms with E-state index in [9.17, 15) is 22.0 Å². The molecule has 204 valence electrons. The molecule has 1 heterocycles. The number of carbonyl (C=O) groups excluding carboxylic acids is 1. The molecular formula is C25H32ClF2N3O5S. The van der Waals surface area contributed by atoms with Gasteiger partial charge in [0.25, 0.3) is 11.8 Å². The van der Waals surface area contributed by atoms with Crippen LogP contribution in [0.3, 0.4) is 0 Å². The van der Waals surface area contributed by atoms with E-state index in [2.05, 4.69) is 10.4 Å². The van der Waals surface area contributed by atoms with Crippen LogP contribution >= 0.6 is 11.6 Å². The fraction of sp³-hybridized carbons (Fsp3) is 0.600. The third-order valence-corrected chi connectivity index (χ3v) is 9.24. The summed E-state index contributed by atoms with van der Waals surface area (Å²) in [4.78, 5) is 13.0. The molecule has 37 heavy (non-hydrogen) atoms. The Balaban J connectivity index is 1.46. The fourth-order valence-corrected chi connectivity index (χ4v) is 6.21. The molecule has 0 radical (unpaired) electrons. The van der Waals surface area contributed by atoms with E-state index < -0.39 is 27.6 Å². The number of nitrogens with zero attached hydrogens (tertiary/aromatic N) is 2. The van der Waals surface area contributed by atoms with Crippen LogP contribution in [-0.4, -0.2) is 61.8 Å². The van der Waals surface area contributed by atoms with Crippen LogP contribution in [0.1, 0.15) is 49.5 Å². The molecule has 1 amide bonds. The van der Waals surface area contributed by atoms with Gasteiger partial charge in [-0.2, -0.15) is 5.10 Å². The highest BCUT2D eigenvalue weighted by atomic mass is 35.5. The lowest BCUT2D eigenvalue weighted by molar-refractivity contribution is 0.0855. The van der Waals surface area contributed by atoms with Gasteiger partial charge < -0.3 is 14.8 Å². The van der Waals surface area contributed by atoms with Gasteiger partial charge in [-0.3, -0.25) is 9.48 Å². The molecule has 1 aromatic carbocycles. The Hall–Kier alpha value is -2.40. The van der Waals surface area contributed by atoms with Crippen molar-refractivity contribution in [2.45, 2.75) is 56.7 Å². The third-order valence-electron chi connectivity index (χ3n) is 7.19. The lowest BCUT2D eigenvalue weighted by atomic mass is 9.89. The van der Waals surface area contributed by atoms with E-state index in [1.807, 2.05) is 6.92 Å². The third kappa shape index (κ3) is 6.19. The van der Waals surface area contributed by atoms with Gasteiger partial charge >= 0.3 is 0 Å². The second kappa shape index (κ2) is 10.8. The number of methoxy groups -OCH3 is 1. The number of aromatic nitrogens is 2. The second-order valence-electron chi connectivity index (χ2n) is 9.84. The summed E-state index contributed by atoms with van der Waals surface area (Å²) in [5.74, 6) is -2.84. The smallest absolute Gasteiger partial charge is 0.273 e. The topological polar surface area (TPSA) is 99.5 Å². The monoisotopic (exact) mass is 559 g/mol. The van der Waals surface area contributed by atoms with Crippen molar-refractivity contribution in [3.05, 3.63) is 28.9 Å². The van der Waals surface area contributed by atoms with Crippen LogP contribution in [0.2, 0.25) is 5.02 Å². The molecule has 1 unspecified atom stereocenters. The predicted molar refractivity (Wildman–Crippen MR) is 136 cm³/mol. The van der Waals surface area contributed by atoms with Gasteiger partial charge in [0.2, 0.25) is 0 Å². The van der Waals surface area contributed by atoms with Gasteiger partial charge in [-0.25, -0.2) is 17.2 Å². The number of ether oxygens (including phenoxy) is 2. The summed E-state index contributed by atoms with van der Waals surface area (Å²) >= 11 is 6.66. The number of hydrogen-bond acceptors (Lipinski definition) is 6. The average Bonchev–Trinajstić information content (AvgIpc) is 3.34. The number of sulfone groups is 1. The highest BCUT2D eigenvalue weighted by molar-refractivity contribution is 7.91. The first-order chi connectivity index (χ1) is 17.4. The van der Waals surface area contributed by atoms with Crippen LogP contribution in [0.15, 0.2) is 18.2 Å². The Morgan fingerprint density at radius 1 is 1.27 bits per heavy atom. The SMILES string of the molecule is CCn1nc(C(=O)NC[C@H]2CC[C@H](S(C)(=O)=O)CC2)c(Cl)c1-c1ccc(OCC2CC2(F)F)cc1OC. The molecule has 2 aliphatic rings. The minimum Gasteiger partial charge on any atom is -0.496 e. The quantitative estimate of drug-likeness (QED) is 0.457. The van der Waals surface area contributed by atoms with E-state index in [1.165, 1.54) is 13.4 Å². The van der Waals surface area contributed by atoms with Crippen molar-refractivity contribution >= 4 is 27.3 Å². The molecular weight excluding hydrogens is 528 g/mol. The summed E-state index contributed by atoms with van der Waals surface area (Å²) in [5, 5.41) is 7.18. The molecule has 0 saturated heterocycles. The lowest BCUT2D eigenvalue weighted by Crippen LogP contribution is -2.34. The molecule has 1 aromatic heterocycles. The maximum absolute atomic E-state index is 13.2. The molecule has 1 atom stereocenters. The van der Waals surface area contributed by atoms with Gasteiger partial charge in [-0.15, -0.1) is 0 Å². The highest BCUT2D eigenvalue weighted by Gasteiger charge is 2.57. The van der Waals surface area contributed by atoms with Crippen molar-refractivity contribution < 1.29 is 31.5 Å². The van der Waals surface area contributed by atoms with Gasteiger partial charge in [-0.1, -0.05) is 11.6 Å². The van der Waals surface area contributed by atoms with Crippen LogP contribution in [-0.2, 0) is 16.4 Å². The Morgan fingerprint density at radius 2 is 1.95 bits per heavy atom. The van der Waals surface area contributed by atoms with E-state index in [4.69, 9.17) is 21.1 Å². The van der Waals surface area contributed by atoms with Gasteiger partial charge in [0.15, 0.2) is 5.69 Å². The first kappa shape index (κ1) is 27.6. The number of alkyl halides is 2. The number of halogens is 3. The van der Waals surface area contributed by atoms with Crippen LogP contribution in [0.4, 0.5) is 8.78 Å². The molecule has 0 spiro atoms. The molecule has 0 bridgehead atoms. The molecule has 4 rings (SSSR count). The minimum atomic E-state index is -3.04. The summed E-state index contributed by atoms with van der Waals surface area (Å²) in [6, 6.07) is 4.95. The number of hydrogen-bond donors (Lipinski definition) is 1. The lowest BCUT2D eigenvalue weighted by Gasteiger charge is -2.27. The van der Waals surface area contributed by atoms with E-state index in [0.717, 1.165) is 12.8 Å². The molecule has 8 nitrogen and oxygen atoms in total. The van der Waals surface area contributed by atoms with Crippen LogP contribution < -0.4 is 14.8 Å². The van der Waals surface area contributed by atoms with Crippen LogP contribution in [0, 0.1) is 11.8 Å². The van der Waals surface area contributed by atoms with Crippen molar-refractivity contribution in [1.29, 1.82) is 0 Å². The van der Waals surface area contributed by atoms with Gasteiger partial charge in [0, 0.05) is 37.4 Å². The summed E-state index contributed by atoms with van der Waals surface area (Å²) in [7, 11) is -1.57. The maximum atomic E-state index is 13.2. The van der Waals surface area contributed by atoms with Gasteiger partial charge in [0.05, 0.1) is 35.6 Å². The van der Waals surface area contributed by atoms with E-state index in [1.54, 1.807) is 22.9 Å². The fourth-order valence-electron chi connectivity index (χ4n) is 4.76.